The normalized spacial score (nSPS) is 12.4. The van der Waals surface area contributed by atoms with Gasteiger partial charge in [-0.05, 0) is 43.2 Å². The predicted octanol–water partition coefficient (Wildman–Crippen LogP) is 5.64. The number of furan rings is 1. The van der Waals surface area contributed by atoms with Crippen molar-refractivity contribution in [3.8, 4) is 5.75 Å². The number of hydrazone groups is 1. The number of ether oxygens (including phenoxy) is 1. The first kappa shape index (κ1) is 20.4. The van der Waals surface area contributed by atoms with Crippen molar-refractivity contribution in [1.82, 2.24) is 5.43 Å². The van der Waals surface area contributed by atoms with E-state index >= 15 is 0 Å². The molecule has 0 bridgehead atoms. The highest BCUT2D eigenvalue weighted by atomic mass is 16.5. The first-order valence-electron chi connectivity index (χ1n) is 9.93. The first-order chi connectivity index (χ1) is 14.2. The summed E-state index contributed by atoms with van der Waals surface area (Å²) in [5.41, 5.74) is 4.89. The summed E-state index contributed by atoms with van der Waals surface area (Å²) in [7, 11) is 0. The van der Waals surface area contributed by atoms with Crippen LogP contribution in [0.25, 0.3) is 0 Å². The molecule has 3 rings (SSSR count). The summed E-state index contributed by atoms with van der Waals surface area (Å²) in [6.07, 6.45) is 3.47. The molecule has 0 aliphatic heterocycles. The topological polar surface area (TPSA) is 63.8 Å². The molecule has 0 saturated carbocycles. The van der Waals surface area contributed by atoms with Gasteiger partial charge < -0.3 is 9.15 Å². The lowest BCUT2D eigenvalue weighted by Gasteiger charge is -2.17. The average molecular weight is 392 g/mol. The summed E-state index contributed by atoms with van der Waals surface area (Å²) in [4.78, 5) is 12.8. The van der Waals surface area contributed by atoms with Crippen LogP contribution in [0.5, 0.6) is 5.75 Å². The van der Waals surface area contributed by atoms with Crippen LogP contribution >= 0.6 is 0 Å². The molecule has 1 atom stereocenters. The Labute approximate surface area is 172 Å². The molecule has 29 heavy (non-hydrogen) atoms. The van der Waals surface area contributed by atoms with Crippen molar-refractivity contribution in [3.05, 3.63) is 89.9 Å². The van der Waals surface area contributed by atoms with Gasteiger partial charge in [-0.2, -0.15) is 5.10 Å². The molecule has 1 aromatic heterocycles. The summed E-state index contributed by atoms with van der Waals surface area (Å²) < 4.78 is 11.2. The third kappa shape index (κ3) is 5.13. The van der Waals surface area contributed by atoms with Gasteiger partial charge in [-0.25, -0.2) is 5.43 Å². The summed E-state index contributed by atoms with van der Waals surface area (Å²) >= 11 is 0. The molecule has 0 spiro atoms. The highest BCUT2D eigenvalue weighted by Gasteiger charge is 2.23. The fraction of sp³-hybridized carbons (Fsp3) is 0.250. The number of rotatable bonds is 9. The van der Waals surface area contributed by atoms with Gasteiger partial charge in [-0.1, -0.05) is 55.8 Å². The fourth-order valence-corrected chi connectivity index (χ4v) is 3.25. The van der Waals surface area contributed by atoms with Gasteiger partial charge in [0.2, 0.25) is 0 Å². The van der Waals surface area contributed by atoms with Crippen LogP contribution in [0.4, 0.5) is 0 Å². The maximum atomic E-state index is 12.8. The zero-order valence-electron chi connectivity index (χ0n) is 16.8. The lowest BCUT2D eigenvalue weighted by Crippen LogP contribution is -2.24. The molecule has 1 unspecified atom stereocenters. The summed E-state index contributed by atoms with van der Waals surface area (Å²) in [6.45, 7) is 4.49. The highest BCUT2D eigenvalue weighted by Crippen LogP contribution is 2.27. The van der Waals surface area contributed by atoms with Gasteiger partial charge in [-0.3, -0.25) is 4.79 Å². The van der Waals surface area contributed by atoms with Crippen molar-refractivity contribution in [2.24, 2.45) is 5.10 Å². The monoisotopic (exact) mass is 392 g/mol. The minimum Gasteiger partial charge on any atom is -0.493 e. The number of nitrogens with zero attached hydrogens (tertiary/aromatic N) is 1. The smallest absolute Gasteiger partial charge is 0.275 e. The summed E-state index contributed by atoms with van der Waals surface area (Å²) in [6, 6.07) is 20.8. The van der Waals surface area contributed by atoms with Crippen molar-refractivity contribution < 1.29 is 15.4 Å². The van der Waals surface area contributed by atoms with E-state index in [2.05, 4.69) is 17.5 Å². The van der Waals surface area contributed by atoms with E-state index in [9.17, 15) is 4.79 Å². The van der Waals surface area contributed by atoms with Crippen molar-refractivity contribution in [2.45, 2.75) is 32.6 Å². The van der Waals surface area contributed by atoms with Crippen molar-refractivity contribution in [2.75, 3.05) is 6.61 Å². The number of para-hydroxylation sites is 1. The third-order valence-corrected chi connectivity index (χ3v) is 4.57. The second-order valence-corrected chi connectivity index (χ2v) is 6.59. The SMILES string of the molecule is CCCC(/C(=N\NC(=O)c1ccccc1OCC)c1ccccc1)c1ccco1.[HH]. The van der Waals surface area contributed by atoms with Crippen LogP contribution in [0.1, 0.15) is 55.7 Å². The molecule has 0 saturated heterocycles. The molecule has 2 aromatic carbocycles. The highest BCUT2D eigenvalue weighted by molar-refractivity contribution is 6.06. The summed E-state index contributed by atoms with van der Waals surface area (Å²) in [5, 5.41) is 4.55. The van der Waals surface area contributed by atoms with Crippen LogP contribution in [0.3, 0.4) is 0 Å². The van der Waals surface area contributed by atoms with Gasteiger partial charge in [0, 0.05) is 1.43 Å². The second kappa shape index (κ2) is 10.3. The molecule has 0 aliphatic rings. The molecule has 1 N–H and O–H groups in total. The largest absolute Gasteiger partial charge is 0.493 e. The minimum atomic E-state index is -0.308. The maximum Gasteiger partial charge on any atom is 0.275 e. The van der Waals surface area contributed by atoms with Gasteiger partial charge in [0.05, 0.1) is 30.1 Å². The van der Waals surface area contributed by atoms with Crippen LogP contribution < -0.4 is 10.2 Å². The van der Waals surface area contributed by atoms with Crippen LogP contribution in [-0.4, -0.2) is 18.2 Å². The molecule has 5 heteroatoms. The number of nitrogens with one attached hydrogen (secondary N) is 1. The minimum absolute atomic E-state index is 0. The third-order valence-electron chi connectivity index (χ3n) is 4.57. The number of hydrogen-bond donors (Lipinski definition) is 1. The van der Waals surface area contributed by atoms with Gasteiger partial charge >= 0.3 is 0 Å². The summed E-state index contributed by atoms with van der Waals surface area (Å²) in [5.74, 6) is 1.01. The number of hydrogen-bond acceptors (Lipinski definition) is 4. The Morgan fingerprint density at radius 2 is 1.83 bits per heavy atom. The molecule has 3 aromatic rings. The fourth-order valence-electron chi connectivity index (χ4n) is 3.25. The van der Waals surface area contributed by atoms with Crippen molar-refractivity contribution in [1.29, 1.82) is 0 Å². The van der Waals surface area contributed by atoms with Gasteiger partial charge in [-0.15, -0.1) is 0 Å². The van der Waals surface area contributed by atoms with Gasteiger partial charge in [0.15, 0.2) is 0 Å². The molecule has 1 heterocycles. The molecule has 0 radical (unpaired) electrons. The predicted molar refractivity (Wildman–Crippen MR) is 117 cm³/mol. The Hall–Kier alpha value is -3.34. The average Bonchev–Trinajstić information content (AvgIpc) is 3.29. The Bertz CT molecular complexity index is 940. The van der Waals surface area contributed by atoms with E-state index in [1.807, 2.05) is 61.5 Å². The van der Waals surface area contributed by atoms with Crippen LogP contribution in [0, 0.1) is 0 Å². The van der Waals surface area contributed by atoms with Crippen LogP contribution in [0.15, 0.2) is 82.5 Å². The van der Waals surface area contributed by atoms with Gasteiger partial charge in [0.25, 0.3) is 5.91 Å². The lowest BCUT2D eigenvalue weighted by atomic mass is 9.90. The number of carbonyl (C=O) groups is 1. The van der Waals surface area contributed by atoms with Gasteiger partial charge in [0.1, 0.15) is 11.5 Å². The van der Waals surface area contributed by atoms with Crippen LogP contribution in [-0.2, 0) is 0 Å². The van der Waals surface area contributed by atoms with Crippen molar-refractivity contribution in [3.63, 3.8) is 0 Å². The van der Waals surface area contributed by atoms with E-state index in [0.29, 0.717) is 17.9 Å². The zero-order valence-corrected chi connectivity index (χ0v) is 16.8. The van der Waals surface area contributed by atoms with E-state index in [0.717, 1.165) is 29.9 Å². The molecule has 1 amide bonds. The second-order valence-electron chi connectivity index (χ2n) is 6.59. The number of amides is 1. The van der Waals surface area contributed by atoms with E-state index in [1.165, 1.54) is 0 Å². The molecule has 152 valence electrons. The van der Waals surface area contributed by atoms with E-state index in [4.69, 9.17) is 9.15 Å². The van der Waals surface area contributed by atoms with Crippen molar-refractivity contribution >= 4 is 11.6 Å². The Morgan fingerprint density at radius 1 is 1.07 bits per heavy atom. The molecular formula is C24H28N2O3. The Morgan fingerprint density at radius 3 is 2.52 bits per heavy atom. The Balaban J connectivity index is 0.00000320. The molecule has 5 nitrogen and oxygen atoms in total. The number of benzene rings is 2. The molecular weight excluding hydrogens is 364 g/mol. The molecule has 0 fully saturated rings. The quantitative estimate of drug-likeness (QED) is 0.378. The van der Waals surface area contributed by atoms with E-state index in [-0.39, 0.29) is 13.3 Å². The maximum absolute atomic E-state index is 12.8. The zero-order chi connectivity index (χ0) is 20.5. The van der Waals surface area contributed by atoms with E-state index in [1.54, 1.807) is 18.4 Å². The van der Waals surface area contributed by atoms with E-state index < -0.39 is 0 Å². The standard InChI is InChI=1S/C24H26N2O3.H2/c1-3-11-19(21-16-10-17-29-21)23(18-12-6-5-7-13-18)25-26-24(27)20-14-8-9-15-22(20)28-4-2;/h5-10,12-17,19H,3-4,11H2,1-2H3,(H,26,27);1H/b25-23-;. The number of carbonyl (C=O) groups excluding carboxylic acids is 1. The first-order valence-corrected chi connectivity index (χ1v) is 9.93. The van der Waals surface area contributed by atoms with Crippen LogP contribution in [0.2, 0.25) is 0 Å². The molecule has 0 aliphatic carbocycles. The Kier molecular flexibility index (Phi) is 7.22. The lowest BCUT2D eigenvalue weighted by molar-refractivity contribution is 0.0951.